The number of rotatable bonds is 6. The van der Waals surface area contributed by atoms with Crippen molar-refractivity contribution in [1.82, 2.24) is 10.2 Å². The van der Waals surface area contributed by atoms with E-state index >= 15 is 0 Å². The van der Waals surface area contributed by atoms with E-state index in [9.17, 15) is 4.79 Å². The van der Waals surface area contributed by atoms with Crippen molar-refractivity contribution in [3.8, 4) is 11.5 Å². The maximum absolute atomic E-state index is 13.5. The van der Waals surface area contributed by atoms with Gasteiger partial charge in [-0.1, -0.05) is 36.4 Å². The highest BCUT2D eigenvalue weighted by Crippen LogP contribution is 2.56. The van der Waals surface area contributed by atoms with Gasteiger partial charge in [-0.2, -0.15) is 0 Å². The molecule has 34 heavy (non-hydrogen) atoms. The van der Waals surface area contributed by atoms with Crippen LogP contribution in [0.2, 0.25) is 0 Å². The van der Waals surface area contributed by atoms with E-state index in [4.69, 9.17) is 9.47 Å². The van der Waals surface area contributed by atoms with E-state index in [-0.39, 0.29) is 16.9 Å². The molecule has 6 heteroatoms. The topological polar surface area (TPSA) is 50.8 Å². The van der Waals surface area contributed by atoms with Crippen LogP contribution in [0.25, 0.3) is 0 Å². The van der Waals surface area contributed by atoms with Gasteiger partial charge < -0.3 is 19.7 Å². The summed E-state index contributed by atoms with van der Waals surface area (Å²) in [6, 6.07) is 16.3. The van der Waals surface area contributed by atoms with E-state index in [1.165, 1.54) is 38.5 Å². The Morgan fingerprint density at radius 2 is 1.74 bits per heavy atom. The molecule has 5 nitrogen and oxygen atoms in total. The second-order valence-corrected chi connectivity index (χ2v) is 11.9. The number of nitrogens with zero attached hydrogens (tertiary/aromatic N) is 1. The molecule has 1 heterocycles. The van der Waals surface area contributed by atoms with Gasteiger partial charge in [0.2, 0.25) is 0 Å². The van der Waals surface area contributed by atoms with Gasteiger partial charge in [-0.15, -0.1) is 11.8 Å². The normalized spacial score (nSPS) is 31.5. The molecule has 1 aliphatic heterocycles. The molecule has 1 saturated heterocycles. The van der Waals surface area contributed by atoms with Crippen molar-refractivity contribution < 1.29 is 14.3 Å². The first-order valence-corrected chi connectivity index (χ1v) is 13.7. The van der Waals surface area contributed by atoms with Gasteiger partial charge in [0, 0.05) is 17.8 Å². The van der Waals surface area contributed by atoms with Gasteiger partial charge in [-0.25, -0.2) is 4.79 Å². The fraction of sp³-hybridized carbons (Fsp3) is 0.536. The molecule has 0 aromatic heterocycles. The molecule has 4 aliphatic carbocycles. The Morgan fingerprint density at radius 1 is 1.03 bits per heavy atom. The van der Waals surface area contributed by atoms with Crippen molar-refractivity contribution in [2.75, 3.05) is 19.4 Å². The van der Waals surface area contributed by atoms with Crippen molar-refractivity contribution >= 4 is 17.8 Å². The summed E-state index contributed by atoms with van der Waals surface area (Å²) in [5, 5.41) is 3.57. The molecule has 0 spiro atoms. The third-order valence-electron chi connectivity index (χ3n) is 8.27. The molecule has 1 unspecified atom stereocenters. The van der Waals surface area contributed by atoms with Gasteiger partial charge in [-0.3, -0.25) is 0 Å². The highest BCUT2D eigenvalue weighted by Gasteiger charge is 2.52. The van der Waals surface area contributed by atoms with E-state index in [0.717, 1.165) is 46.9 Å². The third-order valence-corrected chi connectivity index (χ3v) is 9.53. The van der Waals surface area contributed by atoms with Gasteiger partial charge in [0.05, 0.1) is 7.11 Å². The van der Waals surface area contributed by atoms with Gasteiger partial charge >= 0.3 is 6.03 Å². The van der Waals surface area contributed by atoms with Gasteiger partial charge in [-0.05, 0) is 79.5 Å². The van der Waals surface area contributed by atoms with Gasteiger partial charge in [0.25, 0.3) is 0 Å². The smallest absolute Gasteiger partial charge is 0.319 e. The summed E-state index contributed by atoms with van der Waals surface area (Å²) >= 11 is 1.83. The molecule has 2 aromatic rings. The summed E-state index contributed by atoms with van der Waals surface area (Å²) in [5.41, 5.74) is 2.25. The summed E-state index contributed by atoms with van der Waals surface area (Å²) in [4.78, 5) is 15.6. The van der Waals surface area contributed by atoms with Gasteiger partial charge in [0.15, 0.2) is 11.5 Å². The summed E-state index contributed by atoms with van der Waals surface area (Å²) in [6.45, 7) is 1.27. The lowest BCUT2D eigenvalue weighted by Gasteiger charge is -2.57. The quantitative estimate of drug-likeness (QED) is 0.553. The van der Waals surface area contributed by atoms with Crippen molar-refractivity contribution in [2.24, 2.45) is 17.8 Å². The molecule has 180 valence electrons. The Hall–Kier alpha value is -2.34. The number of urea groups is 1. The molecule has 7 rings (SSSR count). The number of benzene rings is 2. The number of nitrogens with one attached hydrogen (secondary N) is 1. The van der Waals surface area contributed by atoms with Crippen LogP contribution < -0.4 is 14.8 Å². The lowest BCUT2D eigenvalue weighted by molar-refractivity contribution is -0.0156. The van der Waals surface area contributed by atoms with Crippen LogP contribution in [0.15, 0.2) is 48.5 Å². The molecule has 2 aromatic carbocycles. The Bertz CT molecular complexity index is 1010. The predicted molar refractivity (Wildman–Crippen MR) is 135 cm³/mol. The Morgan fingerprint density at radius 3 is 2.41 bits per heavy atom. The van der Waals surface area contributed by atoms with Gasteiger partial charge in [0.1, 0.15) is 12.0 Å². The van der Waals surface area contributed by atoms with E-state index in [1.54, 1.807) is 7.11 Å². The van der Waals surface area contributed by atoms with Crippen LogP contribution in [0.1, 0.15) is 55.0 Å². The number of ether oxygens (including phenoxy) is 2. The Balaban J connectivity index is 1.15. The number of hydrogen-bond acceptors (Lipinski definition) is 4. The summed E-state index contributed by atoms with van der Waals surface area (Å²) in [5.74, 6) is 4.85. The molecule has 2 amide bonds. The molecule has 4 saturated carbocycles. The predicted octanol–water partition coefficient (Wildman–Crippen LogP) is 6.00. The third kappa shape index (κ3) is 4.26. The van der Waals surface area contributed by atoms with Crippen LogP contribution in [0.3, 0.4) is 0 Å². The Labute approximate surface area is 206 Å². The van der Waals surface area contributed by atoms with Crippen molar-refractivity contribution in [3.05, 3.63) is 59.7 Å². The van der Waals surface area contributed by atoms with Crippen LogP contribution in [-0.4, -0.2) is 35.9 Å². The van der Waals surface area contributed by atoms with E-state index in [2.05, 4.69) is 23.5 Å². The number of carbonyl (C=O) groups excluding carboxylic acids is 1. The zero-order valence-electron chi connectivity index (χ0n) is 19.9. The molecule has 5 fully saturated rings. The highest BCUT2D eigenvalue weighted by atomic mass is 32.2. The number of thioether (sulfide) groups is 1. The lowest BCUT2D eigenvalue weighted by Crippen LogP contribution is -2.61. The van der Waals surface area contributed by atoms with Crippen molar-refractivity contribution in [3.63, 3.8) is 0 Å². The van der Waals surface area contributed by atoms with E-state index < -0.39 is 0 Å². The second kappa shape index (κ2) is 9.03. The van der Waals surface area contributed by atoms with Crippen molar-refractivity contribution in [2.45, 2.75) is 56.0 Å². The lowest BCUT2D eigenvalue weighted by atomic mass is 9.53. The first-order chi connectivity index (χ1) is 16.6. The van der Waals surface area contributed by atoms with E-state index in [0.29, 0.717) is 12.4 Å². The highest BCUT2D eigenvalue weighted by molar-refractivity contribution is 7.99. The number of hydrogen-bond donors (Lipinski definition) is 1. The number of amides is 2. The first kappa shape index (κ1) is 22.1. The maximum Gasteiger partial charge on any atom is 0.319 e. The maximum atomic E-state index is 13.5. The SMILES string of the molecule is COc1cc(C2SCCN2C(=O)NC23CC4CC(CC(C4)C2)C3)ccc1OCc1ccccc1. The fourth-order valence-corrected chi connectivity index (χ4v) is 8.45. The minimum atomic E-state index is 0.00554. The first-order valence-electron chi connectivity index (χ1n) is 12.7. The zero-order valence-corrected chi connectivity index (χ0v) is 20.7. The van der Waals surface area contributed by atoms with Crippen LogP contribution >= 0.6 is 11.8 Å². The zero-order chi connectivity index (χ0) is 23.1. The number of carbonyl (C=O) groups is 1. The standard InChI is InChI=1S/C28H34N2O3S/c1-32-25-14-23(7-8-24(25)33-18-19-5-3-2-4-6-19)26-30(9-10-34-26)27(31)29-28-15-20-11-21(16-28)13-22(12-20)17-28/h2-8,14,20-22,26H,9-13,15-18H2,1H3,(H,29,31). The molecule has 0 radical (unpaired) electrons. The second-order valence-electron chi connectivity index (χ2n) is 10.7. The Kier molecular flexibility index (Phi) is 5.88. The largest absolute Gasteiger partial charge is 0.493 e. The molecule has 4 bridgehead atoms. The number of methoxy groups -OCH3 is 1. The molecular formula is C28H34N2O3S. The van der Waals surface area contributed by atoms with E-state index in [1.807, 2.05) is 47.0 Å². The minimum Gasteiger partial charge on any atom is -0.493 e. The summed E-state index contributed by atoms with van der Waals surface area (Å²) in [7, 11) is 1.67. The summed E-state index contributed by atoms with van der Waals surface area (Å²) in [6.07, 6.45) is 7.69. The van der Waals surface area contributed by atoms with Crippen LogP contribution in [0, 0.1) is 17.8 Å². The molecule has 1 atom stereocenters. The summed E-state index contributed by atoms with van der Waals surface area (Å²) < 4.78 is 11.7. The molecule has 1 N–H and O–H groups in total. The van der Waals surface area contributed by atoms with Crippen molar-refractivity contribution in [1.29, 1.82) is 0 Å². The minimum absolute atomic E-state index is 0.00554. The van der Waals surface area contributed by atoms with Crippen LogP contribution in [0.5, 0.6) is 11.5 Å². The monoisotopic (exact) mass is 478 g/mol. The molecule has 5 aliphatic rings. The fourth-order valence-electron chi connectivity index (χ4n) is 7.21. The van der Waals surface area contributed by atoms with Crippen LogP contribution in [0.4, 0.5) is 4.79 Å². The average Bonchev–Trinajstić information content (AvgIpc) is 3.32. The average molecular weight is 479 g/mol. The van der Waals surface area contributed by atoms with Crippen LogP contribution in [-0.2, 0) is 6.61 Å². The molecular weight excluding hydrogens is 444 g/mol.